The summed E-state index contributed by atoms with van der Waals surface area (Å²) in [6, 6.07) is 11.8. The summed E-state index contributed by atoms with van der Waals surface area (Å²) >= 11 is 6.02. The number of nitrogens with two attached hydrogens (primary N) is 1. The number of halogens is 1. The minimum Gasteiger partial charge on any atom is -0.366 e. The number of anilines is 1. The van der Waals surface area contributed by atoms with E-state index in [4.69, 9.17) is 17.3 Å². The van der Waals surface area contributed by atoms with Crippen LogP contribution in [-0.2, 0) is 13.1 Å². The van der Waals surface area contributed by atoms with Crippen molar-refractivity contribution in [3.63, 3.8) is 0 Å². The molecule has 2 aromatic rings. The molecular weight excluding hydrogens is 258 g/mol. The number of rotatable bonds is 5. The van der Waals surface area contributed by atoms with Gasteiger partial charge in [-0.2, -0.15) is 0 Å². The minimum absolute atomic E-state index is 0.481. The molecule has 0 atom stereocenters. The number of hydrogen-bond acceptors (Lipinski definition) is 3. The predicted octanol–water partition coefficient (Wildman–Crippen LogP) is 3.22. The van der Waals surface area contributed by atoms with Gasteiger partial charge in [-0.3, -0.25) is 4.98 Å². The largest absolute Gasteiger partial charge is 0.366 e. The Hall–Kier alpha value is -1.58. The average Bonchev–Trinajstić information content (AvgIpc) is 2.46. The summed E-state index contributed by atoms with van der Waals surface area (Å²) in [7, 11) is 0. The van der Waals surface area contributed by atoms with E-state index >= 15 is 0 Å². The molecule has 100 valence electrons. The maximum absolute atomic E-state index is 6.02. The standard InChI is InChI=1S/C15H18ClN3/c1-2-19(11-14-5-3-4-8-18-14)15-7-6-13(16)9-12(15)10-17/h3-9H,2,10-11,17H2,1H3. The van der Waals surface area contributed by atoms with Crippen LogP contribution >= 0.6 is 11.6 Å². The topological polar surface area (TPSA) is 42.2 Å². The molecule has 2 N–H and O–H groups in total. The Kier molecular flexibility index (Phi) is 4.77. The van der Waals surface area contributed by atoms with E-state index in [-0.39, 0.29) is 0 Å². The summed E-state index contributed by atoms with van der Waals surface area (Å²) in [5.74, 6) is 0. The van der Waals surface area contributed by atoms with Crippen LogP contribution in [-0.4, -0.2) is 11.5 Å². The Morgan fingerprint density at radius 1 is 1.26 bits per heavy atom. The summed E-state index contributed by atoms with van der Waals surface area (Å²) < 4.78 is 0. The van der Waals surface area contributed by atoms with Crippen molar-refractivity contribution in [2.45, 2.75) is 20.0 Å². The Balaban J connectivity index is 2.27. The smallest absolute Gasteiger partial charge is 0.0602 e. The van der Waals surface area contributed by atoms with Crippen molar-refractivity contribution in [3.05, 3.63) is 58.9 Å². The van der Waals surface area contributed by atoms with Crippen LogP contribution in [0, 0.1) is 0 Å². The van der Waals surface area contributed by atoms with Gasteiger partial charge in [-0.05, 0) is 42.8 Å². The van der Waals surface area contributed by atoms with E-state index < -0.39 is 0 Å². The van der Waals surface area contributed by atoms with Gasteiger partial charge in [0.25, 0.3) is 0 Å². The highest BCUT2D eigenvalue weighted by Gasteiger charge is 2.10. The van der Waals surface area contributed by atoms with Crippen molar-refractivity contribution in [2.75, 3.05) is 11.4 Å². The summed E-state index contributed by atoms with van der Waals surface area (Å²) in [5.41, 5.74) is 9.03. The number of pyridine rings is 1. The Labute approximate surface area is 119 Å². The lowest BCUT2D eigenvalue weighted by molar-refractivity contribution is 0.801. The highest BCUT2D eigenvalue weighted by Crippen LogP contribution is 2.25. The molecule has 0 bridgehead atoms. The van der Waals surface area contributed by atoms with Crippen LogP contribution in [0.25, 0.3) is 0 Å². The van der Waals surface area contributed by atoms with Crippen molar-refractivity contribution in [3.8, 4) is 0 Å². The van der Waals surface area contributed by atoms with Crippen LogP contribution in [0.5, 0.6) is 0 Å². The molecule has 0 aliphatic carbocycles. The van der Waals surface area contributed by atoms with Crippen LogP contribution in [0.1, 0.15) is 18.2 Å². The van der Waals surface area contributed by atoms with Gasteiger partial charge in [0.15, 0.2) is 0 Å². The summed E-state index contributed by atoms with van der Waals surface area (Å²) in [6.07, 6.45) is 1.81. The lowest BCUT2D eigenvalue weighted by atomic mass is 10.1. The number of hydrogen-bond donors (Lipinski definition) is 1. The molecule has 1 aromatic heterocycles. The van der Waals surface area contributed by atoms with Crippen molar-refractivity contribution >= 4 is 17.3 Å². The minimum atomic E-state index is 0.481. The van der Waals surface area contributed by atoms with Crippen molar-refractivity contribution < 1.29 is 0 Å². The first-order valence-corrected chi connectivity index (χ1v) is 6.75. The molecule has 0 aliphatic heterocycles. The second kappa shape index (κ2) is 6.55. The van der Waals surface area contributed by atoms with Gasteiger partial charge in [-0.25, -0.2) is 0 Å². The monoisotopic (exact) mass is 275 g/mol. The van der Waals surface area contributed by atoms with Crippen molar-refractivity contribution in [2.24, 2.45) is 5.73 Å². The lowest BCUT2D eigenvalue weighted by Crippen LogP contribution is -2.24. The number of benzene rings is 1. The normalized spacial score (nSPS) is 10.5. The molecule has 0 aliphatic rings. The van der Waals surface area contributed by atoms with Gasteiger partial charge in [0.05, 0.1) is 12.2 Å². The molecule has 0 amide bonds. The van der Waals surface area contributed by atoms with Crippen LogP contribution < -0.4 is 10.6 Å². The molecule has 2 rings (SSSR count). The zero-order chi connectivity index (χ0) is 13.7. The summed E-state index contributed by atoms with van der Waals surface area (Å²) in [4.78, 5) is 6.62. The molecule has 19 heavy (non-hydrogen) atoms. The zero-order valence-corrected chi connectivity index (χ0v) is 11.8. The van der Waals surface area contributed by atoms with E-state index in [9.17, 15) is 0 Å². The van der Waals surface area contributed by atoms with Gasteiger partial charge in [0.2, 0.25) is 0 Å². The summed E-state index contributed by atoms with van der Waals surface area (Å²) in [6.45, 7) is 4.27. The number of aromatic nitrogens is 1. The molecule has 1 heterocycles. The molecule has 0 unspecified atom stereocenters. The molecule has 0 radical (unpaired) electrons. The van der Waals surface area contributed by atoms with E-state index in [0.29, 0.717) is 6.54 Å². The molecule has 1 aromatic carbocycles. The second-order valence-corrected chi connectivity index (χ2v) is 4.75. The first kappa shape index (κ1) is 13.8. The second-order valence-electron chi connectivity index (χ2n) is 4.31. The van der Waals surface area contributed by atoms with E-state index in [1.165, 1.54) is 0 Å². The highest BCUT2D eigenvalue weighted by molar-refractivity contribution is 6.30. The molecule has 4 heteroatoms. The SMILES string of the molecule is CCN(Cc1ccccn1)c1ccc(Cl)cc1CN. The maximum atomic E-state index is 6.02. The first-order chi connectivity index (χ1) is 9.24. The van der Waals surface area contributed by atoms with E-state index in [1.807, 2.05) is 42.6 Å². The van der Waals surface area contributed by atoms with E-state index in [2.05, 4.69) is 16.8 Å². The third-order valence-electron chi connectivity index (χ3n) is 3.06. The molecular formula is C15H18ClN3. The Bertz CT molecular complexity index is 528. The van der Waals surface area contributed by atoms with E-state index in [1.54, 1.807) is 0 Å². The van der Waals surface area contributed by atoms with Gasteiger partial charge in [-0.1, -0.05) is 17.7 Å². The van der Waals surface area contributed by atoms with Crippen LogP contribution in [0.2, 0.25) is 5.02 Å². The van der Waals surface area contributed by atoms with Gasteiger partial charge < -0.3 is 10.6 Å². The van der Waals surface area contributed by atoms with Gasteiger partial charge in [-0.15, -0.1) is 0 Å². The molecule has 0 saturated carbocycles. The maximum Gasteiger partial charge on any atom is 0.0602 e. The third-order valence-corrected chi connectivity index (χ3v) is 3.30. The fraction of sp³-hybridized carbons (Fsp3) is 0.267. The fourth-order valence-corrected chi connectivity index (χ4v) is 2.28. The van der Waals surface area contributed by atoms with Crippen LogP contribution in [0.4, 0.5) is 5.69 Å². The lowest BCUT2D eigenvalue weighted by Gasteiger charge is -2.25. The van der Waals surface area contributed by atoms with Gasteiger partial charge in [0, 0.05) is 30.0 Å². The molecule has 0 spiro atoms. The predicted molar refractivity (Wildman–Crippen MR) is 80.3 cm³/mol. The molecule has 0 fully saturated rings. The highest BCUT2D eigenvalue weighted by atomic mass is 35.5. The quantitative estimate of drug-likeness (QED) is 0.911. The third kappa shape index (κ3) is 3.46. The van der Waals surface area contributed by atoms with E-state index in [0.717, 1.165) is 35.1 Å². The van der Waals surface area contributed by atoms with Crippen LogP contribution in [0.3, 0.4) is 0 Å². The Morgan fingerprint density at radius 3 is 2.74 bits per heavy atom. The van der Waals surface area contributed by atoms with Crippen molar-refractivity contribution in [1.29, 1.82) is 0 Å². The van der Waals surface area contributed by atoms with Crippen molar-refractivity contribution in [1.82, 2.24) is 4.98 Å². The number of nitrogens with zero attached hydrogens (tertiary/aromatic N) is 2. The Morgan fingerprint density at radius 2 is 2.11 bits per heavy atom. The molecule has 3 nitrogen and oxygen atoms in total. The molecule has 0 saturated heterocycles. The summed E-state index contributed by atoms with van der Waals surface area (Å²) in [5, 5.41) is 0.720. The fourth-order valence-electron chi connectivity index (χ4n) is 2.08. The average molecular weight is 276 g/mol. The van der Waals surface area contributed by atoms with Crippen LogP contribution in [0.15, 0.2) is 42.6 Å². The van der Waals surface area contributed by atoms with Gasteiger partial charge in [0.1, 0.15) is 0 Å². The van der Waals surface area contributed by atoms with Gasteiger partial charge >= 0.3 is 0 Å². The zero-order valence-electron chi connectivity index (χ0n) is 11.0. The first-order valence-electron chi connectivity index (χ1n) is 6.38.